The fraction of sp³-hybridized carbons (Fsp3) is 0.353. The van der Waals surface area contributed by atoms with E-state index in [0.717, 1.165) is 10.6 Å². The third-order valence-electron chi connectivity index (χ3n) is 3.46. The summed E-state index contributed by atoms with van der Waals surface area (Å²) in [5, 5.41) is 2.52. The predicted molar refractivity (Wildman–Crippen MR) is 89.5 cm³/mol. The summed E-state index contributed by atoms with van der Waals surface area (Å²) in [4.78, 5) is 30.5. The van der Waals surface area contributed by atoms with E-state index in [1.807, 2.05) is 37.3 Å². The lowest BCUT2D eigenvalue weighted by Crippen LogP contribution is -2.45. The molecule has 1 atom stereocenters. The summed E-state index contributed by atoms with van der Waals surface area (Å²) in [5.74, 6) is -0.678. The number of aryl methyl sites for hydroxylation is 1. The lowest BCUT2D eigenvalue weighted by molar-refractivity contribution is -0.148. The van der Waals surface area contributed by atoms with Gasteiger partial charge in [-0.25, -0.2) is 9.78 Å². The number of ether oxygens (including phenoxy) is 1. The Labute approximate surface area is 139 Å². The first kappa shape index (κ1) is 17.1. The molecule has 0 spiro atoms. The van der Waals surface area contributed by atoms with Crippen molar-refractivity contribution in [3.63, 3.8) is 0 Å². The quantitative estimate of drug-likeness (QED) is 0.763. The lowest BCUT2D eigenvalue weighted by Gasteiger charge is -2.26. The molecule has 1 aromatic carbocycles. The van der Waals surface area contributed by atoms with Gasteiger partial charge < -0.3 is 9.64 Å². The van der Waals surface area contributed by atoms with Gasteiger partial charge in [-0.05, 0) is 19.4 Å². The third kappa shape index (κ3) is 4.39. The van der Waals surface area contributed by atoms with E-state index in [4.69, 9.17) is 4.74 Å². The molecule has 23 heavy (non-hydrogen) atoms. The Hall–Kier alpha value is -2.21. The van der Waals surface area contributed by atoms with E-state index >= 15 is 0 Å². The Morgan fingerprint density at radius 2 is 2.00 bits per heavy atom. The van der Waals surface area contributed by atoms with E-state index in [1.54, 1.807) is 19.4 Å². The molecule has 122 valence electrons. The number of thiazole rings is 1. The van der Waals surface area contributed by atoms with Crippen LogP contribution in [0.15, 0.2) is 35.7 Å². The van der Waals surface area contributed by atoms with Crippen LogP contribution in [0.1, 0.15) is 28.0 Å². The van der Waals surface area contributed by atoms with Crippen LogP contribution < -0.4 is 0 Å². The summed E-state index contributed by atoms with van der Waals surface area (Å²) in [5.41, 5.74) is 1.33. The van der Waals surface area contributed by atoms with Crippen molar-refractivity contribution in [3.05, 3.63) is 52.0 Å². The van der Waals surface area contributed by atoms with Gasteiger partial charge in [-0.15, -0.1) is 11.3 Å². The number of carbonyl (C=O) groups is 2. The molecule has 0 N–H and O–H groups in total. The van der Waals surface area contributed by atoms with Crippen LogP contribution >= 0.6 is 11.3 Å². The average Bonchev–Trinajstić information content (AvgIpc) is 2.99. The number of rotatable bonds is 6. The number of nitrogens with zero attached hydrogens (tertiary/aromatic N) is 2. The summed E-state index contributed by atoms with van der Waals surface area (Å²) >= 11 is 1.41. The van der Waals surface area contributed by atoms with Crippen molar-refractivity contribution in [3.8, 4) is 0 Å². The first-order valence-electron chi connectivity index (χ1n) is 7.42. The SMILES string of the molecule is CCOC(=O)[C@H](Cc1ccccc1)N(C)C(=O)c1csc(C)n1. The highest BCUT2D eigenvalue weighted by atomic mass is 32.1. The Bertz CT molecular complexity index is 669. The van der Waals surface area contributed by atoms with E-state index in [9.17, 15) is 9.59 Å². The van der Waals surface area contributed by atoms with Crippen molar-refractivity contribution in [2.24, 2.45) is 0 Å². The summed E-state index contributed by atoms with van der Waals surface area (Å²) < 4.78 is 5.14. The van der Waals surface area contributed by atoms with E-state index in [0.29, 0.717) is 12.1 Å². The normalized spacial score (nSPS) is 11.8. The summed E-state index contributed by atoms with van der Waals surface area (Å²) in [7, 11) is 1.61. The highest BCUT2D eigenvalue weighted by Crippen LogP contribution is 2.15. The minimum Gasteiger partial charge on any atom is -0.464 e. The molecule has 1 heterocycles. The molecule has 0 aliphatic heterocycles. The molecule has 0 saturated heterocycles. The van der Waals surface area contributed by atoms with Crippen LogP contribution in [-0.4, -0.2) is 41.5 Å². The summed E-state index contributed by atoms with van der Waals surface area (Å²) in [6, 6.07) is 8.91. The van der Waals surface area contributed by atoms with Crippen LogP contribution in [0.3, 0.4) is 0 Å². The van der Waals surface area contributed by atoms with Gasteiger partial charge in [-0.1, -0.05) is 30.3 Å². The zero-order chi connectivity index (χ0) is 16.8. The van der Waals surface area contributed by atoms with Crippen LogP contribution in [0, 0.1) is 6.92 Å². The zero-order valence-electron chi connectivity index (χ0n) is 13.5. The number of hydrogen-bond acceptors (Lipinski definition) is 5. The van der Waals surface area contributed by atoms with Crippen LogP contribution in [0.5, 0.6) is 0 Å². The molecule has 0 aliphatic carbocycles. The van der Waals surface area contributed by atoms with E-state index in [1.165, 1.54) is 16.2 Å². The second-order valence-electron chi connectivity index (χ2n) is 5.13. The third-order valence-corrected chi connectivity index (χ3v) is 4.23. The molecule has 0 radical (unpaired) electrons. The molecule has 1 aromatic heterocycles. The zero-order valence-corrected chi connectivity index (χ0v) is 14.3. The Morgan fingerprint density at radius 1 is 1.30 bits per heavy atom. The van der Waals surface area contributed by atoms with Gasteiger partial charge in [-0.2, -0.15) is 0 Å². The Balaban J connectivity index is 2.21. The Kier molecular flexibility index (Phi) is 5.87. The Morgan fingerprint density at radius 3 is 2.57 bits per heavy atom. The second kappa shape index (κ2) is 7.87. The number of hydrogen-bond donors (Lipinski definition) is 0. The number of aromatic nitrogens is 1. The number of benzene rings is 1. The van der Waals surface area contributed by atoms with Gasteiger partial charge >= 0.3 is 5.97 Å². The van der Waals surface area contributed by atoms with Crippen LogP contribution in [0.2, 0.25) is 0 Å². The van der Waals surface area contributed by atoms with Gasteiger partial charge in [-0.3, -0.25) is 4.79 Å². The number of esters is 1. The first-order chi connectivity index (χ1) is 11.0. The lowest BCUT2D eigenvalue weighted by atomic mass is 10.0. The largest absolute Gasteiger partial charge is 0.464 e. The van der Waals surface area contributed by atoms with Crippen LogP contribution in [0.4, 0.5) is 0 Å². The average molecular weight is 332 g/mol. The van der Waals surface area contributed by atoms with Crippen molar-refractivity contribution in [1.29, 1.82) is 0 Å². The minimum absolute atomic E-state index is 0.275. The highest BCUT2D eigenvalue weighted by Gasteiger charge is 2.30. The molecule has 2 aromatic rings. The molecule has 1 amide bonds. The van der Waals surface area contributed by atoms with Gasteiger partial charge in [0, 0.05) is 18.8 Å². The number of likely N-dealkylation sites (N-methyl/N-ethyl adjacent to an activating group) is 1. The van der Waals surface area contributed by atoms with Gasteiger partial charge in [0.1, 0.15) is 11.7 Å². The fourth-order valence-corrected chi connectivity index (χ4v) is 2.82. The van der Waals surface area contributed by atoms with Crippen LogP contribution in [0.25, 0.3) is 0 Å². The van der Waals surface area contributed by atoms with Gasteiger partial charge in [0.05, 0.1) is 11.6 Å². The van der Waals surface area contributed by atoms with Crippen molar-refractivity contribution in [2.75, 3.05) is 13.7 Å². The molecule has 2 rings (SSSR count). The van der Waals surface area contributed by atoms with Crippen LogP contribution in [-0.2, 0) is 16.0 Å². The predicted octanol–water partition coefficient (Wildman–Crippen LogP) is 2.70. The molecule has 0 saturated carbocycles. The first-order valence-corrected chi connectivity index (χ1v) is 8.30. The standard InChI is InChI=1S/C17H20N2O3S/c1-4-22-17(21)15(10-13-8-6-5-7-9-13)19(3)16(20)14-11-23-12(2)18-14/h5-9,11,15H,4,10H2,1-3H3/t15-/m0/s1. The topological polar surface area (TPSA) is 59.5 Å². The molecular formula is C17H20N2O3S. The molecular weight excluding hydrogens is 312 g/mol. The monoisotopic (exact) mass is 332 g/mol. The minimum atomic E-state index is -0.674. The molecule has 0 bridgehead atoms. The highest BCUT2D eigenvalue weighted by molar-refractivity contribution is 7.09. The van der Waals surface area contributed by atoms with Gasteiger partial charge in [0.2, 0.25) is 0 Å². The fourth-order valence-electron chi connectivity index (χ4n) is 2.24. The molecule has 5 nitrogen and oxygen atoms in total. The van der Waals surface area contributed by atoms with Gasteiger partial charge in [0.25, 0.3) is 5.91 Å². The number of carbonyl (C=O) groups excluding carboxylic acids is 2. The van der Waals surface area contributed by atoms with Crippen molar-refractivity contribution >= 4 is 23.2 Å². The summed E-state index contributed by atoms with van der Waals surface area (Å²) in [6.45, 7) is 3.87. The van der Waals surface area contributed by atoms with E-state index in [2.05, 4.69) is 4.98 Å². The van der Waals surface area contributed by atoms with E-state index in [-0.39, 0.29) is 12.5 Å². The van der Waals surface area contributed by atoms with E-state index < -0.39 is 12.0 Å². The molecule has 6 heteroatoms. The smallest absolute Gasteiger partial charge is 0.329 e. The molecule has 0 aliphatic rings. The maximum Gasteiger partial charge on any atom is 0.329 e. The van der Waals surface area contributed by atoms with Crippen molar-refractivity contribution in [2.45, 2.75) is 26.3 Å². The molecule has 0 fully saturated rings. The maximum atomic E-state index is 12.6. The van der Waals surface area contributed by atoms with Gasteiger partial charge in [0.15, 0.2) is 0 Å². The summed E-state index contributed by atoms with van der Waals surface area (Å²) in [6.07, 6.45) is 0.408. The second-order valence-corrected chi connectivity index (χ2v) is 6.19. The van der Waals surface area contributed by atoms with Crippen molar-refractivity contribution in [1.82, 2.24) is 9.88 Å². The molecule has 0 unspecified atom stereocenters. The van der Waals surface area contributed by atoms with Crippen molar-refractivity contribution < 1.29 is 14.3 Å². The number of amides is 1. The maximum absolute atomic E-state index is 12.6.